The number of hydrogen-bond donors (Lipinski definition) is 3. The van der Waals surface area contributed by atoms with Crippen LogP contribution in [0, 0.1) is 0 Å². The Morgan fingerprint density at radius 2 is 1.60 bits per heavy atom. The van der Waals surface area contributed by atoms with Crippen molar-refractivity contribution in [3.8, 4) is 45.8 Å². The summed E-state index contributed by atoms with van der Waals surface area (Å²) < 4.78 is 28.3. The molecule has 0 saturated carbocycles. The highest BCUT2D eigenvalue weighted by molar-refractivity contribution is 5.94. The average Bonchev–Trinajstić information content (AvgIpc) is 3.02. The lowest BCUT2D eigenvalue weighted by Crippen LogP contribution is -2.41. The van der Waals surface area contributed by atoms with Gasteiger partial charge in [0.1, 0.15) is 16.7 Å². The van der Waals surface area contributed by atoms with E-state index < -0.39 is 28.6 Å². The zero-order chi connectivity index (χ0) is 30.0. The molecule has 1 saturated heterocycles. The van der Waals surface area contributed by atoms with E-state index in [1.807, 2.05) is 0 Å². The van der Waals surface area contributed by atoms with Crippen LogP contribution >= 0.6 is 0 Å². The van der Waals surface area contributed by atoms with Gasteiger partial charge in [0.05, 0.1) is 34.5 Å². The third kappa shape index (κ3) is 5.03. The van der Waals surface area contributed by atoms with Crippen LogP contribution in [-0.2, 0) is 9.53 Å². The van der Waals surface area contributed by atoms with Crippen molar-refractivity contribution in [1.29, 1.82) is 0 Å². The van der Waals surface area contributed by atoms with Gasteiger partial charge in [-0.1, -0.05) is 36.4 Å². The van der Waals surface area contributed by atoms with Gasteiger partial charge >= 0.3 is 0 Å². The van der Waals surface area contributed by atoms with E-state index >= 15 is 0 Å². The maximum Gasteiger partial charge on any atom is 0.223 e. The first-order chi connectivity index (χ1) is 20.3. The lowest BCUT2D eigenvalue weighted by molar-refractivity contribution is -0.135. The molecule has 1 aliphatic heterocycles. The van der Waals surface area contributed by atoms with E-state index in [1.165, 1.54) is 27.4 Å². The first-order valence-corrected chi connectivity index (χ1v) is 13.2. The third-order valence-electron chi connectivity index (χ3n) is 7.39. The number of phenolic OH excluding ortho intramolecular Hbond substituents is 3. The standard InChI is InChI=1S/C31H31NO10/c1-38-21-10-9-18(29(39-2)30(21)40-3)19(15-23(34)32-11-13-41-14-12-32)24-26(35)28(37)27(36)25-20(33)16-22(42-31(24)25)17-7-5-4-6-8-17/h4-10,16,19,35-37H,11-15H2,1-3H3/t19-/m1/s1. The van der Waals surface area contributed by atoms with Crippen molar-refractivity contribution in [1.82, 2.24) is 4.90 Å². The summed E-state index contributed by atoms with van der Waals surface area (Å²) in [5.41, 5.74) is 0.0279. The summed E-state index contributed by atoms with van der Waals surface area (Å²) in [5.74, 6) is -2.85. The van der Waals surface area contributed by atoms with Crippen LogP contribution in [0.15, 0.2) is 57.7 Å². The Bertz CT molecular complexity index is 1680. The Balaban J connectivity index is 1.83. The fourth-order valence-corrected chi connectivity index (χ4v) is 5.32. The highest BCUT2D eigenvalue weighted by Gasteiger charge is 2.35. The van der Waals surface area contributed by atoms with Gasteiger partial charge in [-0.25, -0.2) is 0 Å². The van der Waals surface area contributed by atoms with Crippen molar-refractivity contribution < 1.29 is 43.5 Å². The van der Waals surface area contributed by atoms with Crippen LogP contribution < -0.4 is 19.6 Å². The number of amides is 1. The van der Waals surface area contributed by atoms with Crippen molar-refractivity contribution in [3.63, 3.8) is 0 Å². The zero-order valence-corrected chi connectivity index (χ0v) is 23.4. The number of nitrogens with zero attached hydrogens (tertiary/aromatic N) is 1. The topological polar surface area (TPSA) is 148 Å². The fraction of sp³-hybridized carbons (Fsp3) is 0.290. The van der Waals surface area contributed by atoms with Crippen molar-refractivity contribution >= 4 is 16.9 Å². The number of phenols is 3. The molecule has 0 unspecified atom stereocenters. The largest absolute Gasteiger partial charge is 0.504 e. The molecule has 4 aromatic rings. The van der Waals surface area contributed by atoms with Gasteiger partial charge in [0.15, 0.2) is 28.4 Å². The second-order valence-electron chi connectivity index (χ2n) is 9.68. The molecule has 0 radical (unpaired) electrons. The number of carbonyl (C=O) groups is 1. The number of aromatic hydroxyl groups is 3. The summed E-state index contributed by atoms with van der Waals surface area (Å²) in [6, 6.07) is 13.3. The molecular weight excluding hydrogens is 546 g/mol. The number of fused-ring (bicyclic) bond motifs is 1. The Hall–Kier alpha value is -4.90. The number of hydrogen-bond acceptors (Lipinski definition) is 10. The predicted octanol–water partition coefficient (Wildman–Crippen LogP) is 3.98. The Morgan fingerprint density at radius 3 is 2.24 bits per heavy atom. The molecule has 1 fully saturated rings. The van der Waals surface area contributed by atoms with Crippen LogP contribution in [0.3, 0.4) is 0 Å². The Kier molecular flexibility index (Phi) is 8.12. The lowest BCUT2D eigenvalue weighted by atomic mass is 9.84. The second kappa shape index (κ2) is 11.9. The second-order valence-corrected chi connectivity index (χ2v) is 9.68. The SMILES string of the molecule is COc1ccc([C@@H](CC(=O)N2CCOCC2)c2c(O)c(O)c(O)c3c(=O)cc(-c4ccccc4)oc23)c(OC)c1OC. The van der Waals surface area contributed by atoms with Gasteiger partial charge in [0.25, 0.3) is 0 Å². The van der Waals surface area contributed by atoms with Gasteiger partial charge in [-0.05, 0) is 6.07 Å². The van der Waals surface area contributed by atoms with Crippen molar-refractivity contribution in [2.75, 3.05) is 47.6 Å². The van der Waals surface area contributed by atoms with Crippen LogP contribution in [-0.4, -0.2) is 73.8 Å². The van der Waals surface area contributed by atoms with E-state index in [0.29, 0.717) is 43.2 Å². The zero-order valence-electron chi connectivity index (χ0n) is 23.4. The first-order valence-electron chi connectivity index (χ1n) is 13.2. The minimum atomic E-state index is -1.04. The molecule has 0 aliphatic carbocycles. The number of carbonyl (C=O) groups excluding carboxylic acids is 1. The molecule has 3 aromatic carbocycles. The number of methoxy groups -OCH3 is 3. The molecule has 1 aromatic heterocycles. The van der Waals surface area contributed by atoms with Gasteiger partial charge in [0, 0.05) is 48.2 Å². The van der Waals surface area contributed by atoms with Crippen molar-refractivity contribution in [2.24, 2.45) is 0 Å². The third-order valence-corrected chi connectivity index (χ3v) is 7.39. The highest BCUT2D eigenvalue weighted by atomic mass is 16.5. The van der Waals surface area contributed by atoms with E-state index in [1.54, 1.807) is 47.4 Å². The van der Waals surface area contributed by atoms with Crippen LogP contribution in [0.25, 0.3) is 22.3 Å². The predicted molar refractivity (Wildman–Crippen MR) is 153 cm³/mol. The Labute approximate surface area is 241 Å². The lowest BCUT2D eigenvalue weighted by Gasteiger charge is -2.30. The molecule has 0 spiro atoms. The molecule has 220 valence electrons. The number of benzene rings is 3. The average molecular weight is 578 g/mol. The van der Waals surface area contributed by atoms with Crippen LogP contribution in [0.4, 0.5) is 0 Å². The minimum Gasteiger partial charge on any atom is -0.504 e. The van der Waals surface area contributed by atoms with Gasteiger partial charge in [-0.2, -0.15) is 0 Å². The number of rotatable bonds is 8. The summed E-state index contributed by atoms with van der Waals surface area (Å²) in [7, 11) is 4.32. The normalized spacial score (nSPS) is 14.0. The van der Waals surface area contributed by atoms with E-state index in [-0.39, 0.29) is 46.1 Å². The highest BCUT2D eigenvalue weighted by Crippen LogP contribution is 2.52. The van der Waals surface area contributed by atoms with Crippen LogP contribution in [0.2, 0.25) is 0 Å². The molecule has 5 rings (SSSR count). The van der Waals surface area contributed by atoms with Crippen molar-refractivity contribution in [2.45, 2.75) is 12.3 Å². The van der Waals surface area contributed by atoms with Gasteiger partial charge in [0.2, 0.25) is 17.4 Å². The molecule has 42 heavy (non-hydrogen) atoms. The maximum atomic E-state index is 13.7. The molecule has 1 amide bonds. The first kappa shape index (κ1) is 28.6. The van der Waals surface area contributed by atoms with Gasteiger partial charge in [-0.3, -0.25) is 9.59 Å². The van der Waals surface area contributed by atoms with Gasteiger partial charge in [-0.15, -0.1) is 0 Å². The molecule has 0 bridgehead atoms. The van der Waals surface area contributed by atoms with E-state index in [2.05, 4.69) is 0 Å². The minimum absolute atomic E-state index is 0.0812. The van der Waals surface area contributed by atoms with Crippen LogP contribution in [0.1, 0.15) is 23.5 Å². The summed E-state index contributed by atoms with van der Waals surface area (Å²) in [4.78, 5) is 28.7. The Morgan fingerprint density at radius 1 is 0.905 bits per heavy atom. The van der Waals surface area contributed by atoms with Gasteiger partial charge < -0.3 is 43.6 Å². The summed E-state index contributed by atoms with van der Waals surface area (Å²) in [5, 5.41) is 32.6. The molecule has 1 aliphatic rings. The summed E-state index contributed by atoms with van der Waals surface area (Å²) in [6.45, 7) is 1.49. The van der Waals surface area contributed by atoms with Crippen LogP contribution in [0.5, 0.6) is 34.5 Å². The van der Waals surface area contributed by atoms with E-state index in [9.17, 15) is 24.9 Å². The number of morpholine rings is 1. The van der Waals surface area contributed by atoms with E-state index in [4.69, 9.17) is 23.4 Å². The number of ether oxygens (including phenoxy) is 4. The molecule has 11 heteroatoms. The fourth-order valence-electron chi connectivity index (χ4n) is 5.32. The van der Waals surface area contributed by atoms with E-state index in [0.717, 1.165) is 0 Å². The smallest absolute Gasteiger partial charge is 0.223 e. The molecule has 3 N–H and O–H groups in total. The quantitative estimate of drug-likeness (QED) is 0.263. The monoisotopic (exact) mass is 577 g/mol. The summed E-state index contributed by atoms with van der Waals surface area (Å²) >= 11 is 0. The molecule has 2 heterocycles. The molecule has 1 atom stereocenters. The van der Waals surface area contributed by atoms with Crippen molar-refractivity contribution in [3.05, 3.63) is 69.9 Å². The molecular formula is C31H31NO10. The molecule has 11 nitrogen and oxygen atoms in total. The maximum absolute atomic E-state index is 13.7. The summed E-state index contributed by atoms with van der Waals surface area (Å²) in [6.07, 6.45) is -0.224.